The number of halogens is 3. The number of alkyl halides is 2. The quantitative estimate of drug-likeness (QED) is 0.510. The number of aliphatic imine (C=N–C) groups is 1. The van der Waals surface area contributed by atoms with Crippen molar-refractivity contribution in [3.8, 4) is 28.8 Å². The van der Waals surface area contributed by atoms with E-state index in [0.717, 1.165) is 12.0 Å². The minimum Gasteiger partial charge on any atom is -0.496 e. The number of ether oxygens (including phenoxy) is 2. The fraction of sp³-hybridized carbons (Fsp3) is 0.435. The van der Waals surface area contributed by atoms with Crippen LogP contribution in [0.3, 0.4) is 0 Å². The first-order chi connectivity index (χ1) is 15.4. The summed E-state index contributed by atoms with van der Waals surface area (Å²) < 4.78 is 39.1. The van der Waals surface area contributed by atoms with Gasteiger partial charge in [0.05, 0.1) is 24.4 Å². The Kier molecular flexibility index (Phi) is 6.60. The molecule has 2 aromatic rings. The molecule has 2 aliphatic rings. The number of aromatic amines is 1. The number of H-pyrrole nitrogens is 1. The van der Waals surface area contributed by atoms with Gasteiger partial charge in [0.25, 0.3) is 0 Å². The molecule has 0 amide bonds. The summed E-state index contributed by atoms with van der Waals surface area (Å²) in [5.74, 6) is -0.742. The zero-order valence-electron chi connectivity index (χ0n) is 17.6. The predicted octanol–water partition coefficient (Wildman–Crippen LogP) is 6.16. The second-order valence-electron chi connectivity index (χ2n) is 7.95. The molecule has 1 aromatic heterocycles. The van der Waals surface area contributed by atoms with Crippen LogP contribution in [0.5, 0.6) is 11.5 Å². The average Bonchev–Trinajstić information content (AvgIpc) is 3.18. The van der Waals surface area contributed by atoms with Gasteiger partial charge < -0.3 is 14.5 Å². The molecule has 6 nitrogen and oxygen atoms in total. The number of nitrogens with zero attached hydrogens (tertiary/aromatic N) is 3. The van der Waals surface area contributed by atoms with Gasteiger partial charge in [0.1, 0.15) is 34.2 Å². The number of hydrogen-bond acceptors (Lipinski definition) is 5. The molecule has 4 rings (SSSR count). The maximum absolute atomic E-state index is 13.5. The van der Waals surface area contributed by atoms with Crippen molar-refractivity contribution in [2.75, 3.05) is 13.7 Å². The van der Waals surface area contributed by atoms with E-state index in [0.29, 0.717) is 58.2 Å². The Balaban J connectivity index is 1.52. The molecule has 0 saturated heterocycles. The zero-order chi connectivity index (χ0) is 22.7. The first kappa shape index (κ1) is 22.5. The van der Waals surface area contributed by atoms with Gasteiger partial charge in [-0.2, -0.15) is 5.26 Å². The molecule has 0 bridgehead atoms. The SMILES string of the molecule is COc1cc(OCC2=C(C#N)CCC=N2)ccc1-c1nc(C2CCC(F)(F)CC2)[nH]c1Br. The molecule has 32 heavy (non-hydrogen) atoms. The van der Waals surface area contributed by atoms with Crippen LogP contribution in [0.25, 0.3) is 11.3 Å². The van der Waals surface area contributed by atoms with Crippen molar-refractivity contribution >= 4 is 22.1 Å². The Morgan fingerprint density at radius 3 is 2.81 bits per heavy atom. The summed E-state index contributed by atoms with van der Waals surface area (Å²) in [5.41, 5.74) is 2.69. The van der Waals surface area contributed by atoms with Crippen LogP contribution < -0.4 is 9.47 Å². The van der Waals surface area contributed by atoms with Crippen LogP contribution in [-0.4, -0.2) is 35.8 Å². The number of nitrogens with one attached hydrogen (secondary N) is 1. The highest BCUT2D eigenvalue weighted by Gasteiger charge is 2.36. The van der Waals surface area contributed by atoms with E-state index in [1.165, 1.54) is 0 Å². The van der Waals surface area contributed by atoms with Crippen molar-refractivity contribution in [1.29, 1.82) is 5.26 Å². The summed E-state index contributed by atoms with van der Waals surface area (Å²) >= 11 is 3.52. The summed E-state index contributed by atoms with van der Waals surface area (Å²) in [6, 6.07) is 7.60. The maximum atomic E-state index is 13.5. The Morgan fingerprint density at radius 1 is 1.31 bits per heavy atom. The molecule has 2 heterocycles. The van der Waals surface area contributed by atoms with Crippen LogP contribution in [-0.2, 0) is 0 Å². The lowest BCUT2D eigenvalue weighted by atomic mass is 9.86. The largest absolute Gasteiger partial charge is 0.496 e. The molecular weight excluding hydrogens is 482 g/mol. The zero-order valence-corrected chi connectivity index (χ0v) is 19.2. The van der Waals surface area contributed by atoms with Crippen molar-refractivity contribution in [3.05, 3.63) is 39.9 Å². The second-order valence-corrected chi connectivity index (χ2v) is 8.75. The second kappa shape index (κ2) is 9.41. The number of rotatable bonds is 6. The van der Waals surface area contributed by atoms with E-state index in [1.807, 2.05) is 6.07 Å². The van der Waals surface area contributed by atoms with Crippen LogP contribution in [0.2, 0.25) is 0 Å². The number of nitriles is 1. The van der Waals surface area contributed by atoms with E-state index in [9.17, 15) is 14.0 Å². The first-order valence-corrected chi connectivity index (χ1v) is 11.3. The van der Waals surface area contributed by atoms with Crippen molar-refractivity contribution in [2.24, 2.45) is 4.99 Å². The minimum absolute atomic E-state index is 0.0214. The van der Waals surface area contributed by atoms with Crippen LogP contribution in [0.4, 0.5) is 8.78 Å². The smallest absolute Gasteiger partial charge is 0.248 e. The Hall–Kier alpha value is -2.73. The molecule has 1 aromatic carbocycles. The van der Waals surface area contributed by atoms with Gasteiger partial charge in [0, 0.05) is 36.6 Å². The molecule has 1 fully saturated rings. The highest BCUT2D eigenvalue weighted by Crippen LogP contribution is 2.42. The standard InChI is InChI=1S/C23H23BrF2N4O2/c1-31-19-11-16(32-13-18-15(12-27)3-2-10-28-18)4-5-17(19)20-21(24)30-22(29-20)14-6-8-23(25,26)9-7-14/h4-5,10-11,14H,2-3,6-9,13H2,1H3,(H,29,30). The van der Waals surface area contributed by atoms with Gasteiger partial charge in [0.15, 0.2) is 0 Å². The van der Waals surface area contributed by atoms with Gasteiger partial charge >= 0.3 is 0 Å². The van der Waals surface area contributed by atoms with E-state index < -0.39 is 5.92 Å². The number of hydrogen-bond donors (Lipinski definition) is 1. The molecule has 0 atom stereocenters. The summed E-state index contributed by atoms with van der Waals surface area (Å²) in [7, 11) is 1.56. The molecule has 1 aliphatic heterocycles. The fourth-order valence-electron chi connectivity index (χ4n) is 4.01. The molecule has 0 radical (unpaired) electrons. The van der Waals surface area contributed by atoms with Crippen LogP contribution in [0, 0.1) is 11.3 Å². The number of imidazole rings is 1. The molecule has 0 unspecified atom stereocenters. The van der Waals surface area contributed by atoms with Gasteiger partial charge in [-0.1, -0.05) is 0 Å². The lowest BCUT2D eigenvalue weighted by Crippen LogP contribution is -2.24. The Labute approximate surface area is 193 Å². The van der Waals surface area contributed by atoms with E-state index in [2.05, 4.69) is 32.0 Å². The van der Waals surface area contributed by atoms with Crippen LogP contribution >= 0.6 is 15.9 Å². The average molecular weight is 505 g/mol. The predicted molar refractivity (Wildman–Crippen MR) is 120 cm³/mol. The van der Waals surface area contributed by atoms with Crippen LogP contribution in [0.15, 0.2) is 39.1 Å². The summed E-state index contributed by atoms with van der Waals surface area (Å²) in [5, 5.41) is 9.24. The summed E-state index contributed by atoms with van der Waals surface area (Å²) in [6.07, 6.45) is 3.80. The first-order valence-electron chi connectivity index (χ1n) is 10.5. The number of benzene rings is 1. The summed E-state index contributed by atoms with van der Waals surface area (Å²) in [4.78, 5) is 12.2. The van der Waals surface area contributed by atoms with Gasteiger partial charge in [0.2, 0.25) is 5.92 Å². The maximum Gasteiger partial charge on any atom is 0.248 e. The monoisotopic (exact) mass is 504 g/mol. The van der Waals surface area contributed by atoms with Gasteiger partial charge in [-0.05, 0) is 53.7 Å². The van der Waals surface area contributed by atoms with Crippen molar-refractivity contribution in [1.82, 2.24) is 9.97 Å². The molecule has 168 valence electrons. The van der Waals surface area contributed by atoms with E-state index in [4.69, 9.17) is 14.5 Å². The molecule has 1 N–H and O–H groups in total. The molecular formula is C23H23BrF2N4O2. The molecule has 0 spiro atoms. The van der Waals surface area contributed by atoms with Crippen molar-refractivity contribution in [3.63, 3.8) is 0 Å². The fourth-order valence-corrected chi connectivity index (χ4v) is 4.52. The lowest BCUT2D eigenvalue weighted by molar-refractivity contribution is -0.0387. The Bertz CT molecular complexity index is 1090. The molecule has 9 heteroatoms. The highest BCUT2D eigenvalue weighted by atomic mass is 79.9. The van der Waals surface area contributed by atoms with Crippen molar-refractivity contribution < 1.29 is 18.3 Å². The Morgan fingerprint density at radius 2 is 2.09 bits per heavy atom. The summed E-state index contributed by atoms with van der Waals surface area (Å²) in [6.45, 7) is 0.199. The van der Waals surface area contributed by atoms with Gasteiger partial charge in [-0.3, -0.25) is 4.99 Å². The number of methoxy groups -OCH3 is 1. The topological polar surface area (TPSA) is 83.3 Å². The third kappa shape index (κ3) is 4.85. The highest BCUT2D eigenvalue weighted by molar-refractivity contribution is 9.10. The number of aromatic nitrogens is 2. The molecule has 1 saturated carbocycles. The van der Waals surface area contributed by atoms with Gasteiger partial charge in [-0.15, -0.1) is 0 Å². The normalized spacial score (nSPS) is 18.5. The number of allylic oxidation sites excluding steroid dienone is 1. The minimum atomic E-state index is -2.57. The third-order valence-electron chi connectivity index (χ3n) is 5.84. The van der Waals surface area contributed by atoms with E-state index in [-0.39, 0.29) is 25.4 Å². The molecule has 1 aliphatic carbocycles. The van der Waals surface area contributed by atoms with E-state index >= 15 is 0 Å². The van der Waals surface area contributed by atoms with Gasteiger partial charge in [-0.25, -0.2) is 13.8 Å². The van der Waals surface area contributed by atoms with Crippen LogP contribution in [0.1, 0.15) is 50.3 Å². The lowest BCUT2D eigenvalue weighted by Gasteiger charge is -2.26. The third-order valence-corrected chi connectivity index (χ3v) is 6.41. The van der Waals surface area contributed by atoms with E-state index in [1.54, 1.807) is 25.5 Å². The van der Waals surface area contributed by atoms with Crippen molar-refractivity contribution in [2.45, 2.75) is 50.4 Å².